The molecular formula is C23H30N2O3. The van der Waals surface area contributed by atoms with E-state index in [4.69, 9.17) is 0 Å². The Morgan fingerprint density at radius 2 is 1.96 bits per heavy atom. The van der Waals surface area contributed by atoms with Crippen molar-refractivity contribution in [3.05, 3.63) is 23.3 Å². The van der Waals surface area contributed by atoms with Crippen molar-refractivity contribution >= 4 is 5.91 Å². The van der Waals surface area contributed by atoms with E-state index in [1.54, 1.807) is 6.08 Å². The maximum absolute atomic E-state index is 12.4. The SMILES string of the molecule is CC12CCC(O)CC1=CCC1C2CCC2(C)C1CC1=CC(C#N)C(=O)NC12O. The molecule has 3 saturated carbocycles. The van der Waals surface area contributed by atoms with Gasteiger partial charge in [-0.25, -0.2) is 0 Å². The fraction of sp³-hybridized carbons (Fsp3) is 0.739. The van der Waals surface area contributed by atoms with Gasteiger partial charge in [-0.15, -0.1) is 0 Å². The first-order chi connectivity index (χ1) is 13.2. The third kappa shape index (κ3) is 2.11. The molecular weight excluding hydrogens is 352 g/mol. The van der Waals surface area contributed by atoms with Crippen LogP contribution < -0.4 is 5.32 Å². The lowest BCUT2D eigenvalue weighted by atomic mass is 9.47. The lowest BCUT2D eigenvalue weighted by Gasteiger charge is -2.58. The molecule has 4 aliphatic carbocycles. The van der Waals surface area contributed by atoms with Crippen molar-refractivity contribution in [3.8, 4) is 6.07 Å². The van der Waals surface area contributed by atoms with Gasteiger partial charge < -0.3 is 15.5 Å². The average Bonchev–Trinajstić information content (AvgIpc) is 2.88. The van der Waals surface area contributed by atoms with Crippen LogP contribution in [-0.4, -0.2) is 27.9 Å². The van der Waals surface area contributed by atoms with Crippen LogP contribution in [0.2, 0.25) is 0 Å². The summed E-state index contributed by atoms with van der Waals surface area (Å²) in [6.07, 6.45) is 10.2. The van der Waals surface area contributed by atoms with Gasteiger partial charge in [-0.3, -0.25) is 4.79 Å². The van der Waals surface area contributed by atoms with Gasteiger partial charge in [0.05, 0.1) is 12.2 Å². The minimum atomic E-state index is -1.32. The first kappa shape index (κ1) is 18.4. The number of allylic oxidation sites excluding steroid dienone is 1. The van der Waals surface area contributed by atoms with E-state index in [0.717, 1.165) is 50.5 Å². The van der Waals surface area contributed by atoms with Crippen LogP contribution in [0.15, 0.2) is 23.3 Å². The van der Waals surface area contributed by atoms with Crippen LogP contribution in [0, 0.1) is 45.8 Å². The van der Waals surface area contributed by atoms with Crippen molar-refractivity contribution in [1.82, 2.24) is 5.32 Å². The average molecular weight is 383 g/mol. The second-order valence-corrected chi connectivity index (χ2v) is 10.3. The first-order valence-corrected chi connectivity index (χ1v) is 10.8. The summed E-state index contributed by atoms with van der Waals surface area (Å²) < 4.78 is 0. The van der Waals surface area contributed by atoms with Crippen LogP contribution in [0.25, 0.3) is 0 Å². The Hall–Kier alpha value is -1.64. The lowest BCUT2D eigenvalue weighted by Crippen LogP contribution is -2.63. The van der Waals surface area contributed by atoms with Crippen molar-refractivity contribution in [2.45, 2.75) is 70.6 Å². The molecule has 1 amide bonds. The Kier molecular flexibility index (Phi) is 3.75. The Balaban J connectivity index is 1.54. The number of fused-ring (bicyclic) bond motifs is 7. The van der Waals surface area contributed by atoms with E-state index in [9.17, 15) is 20.3 Å². The van der Waals surface area contributed by atoms with E-state index in [1.165, 1.54) is 5.57 Å². The van der Waals surface area contributed by atoms with E-state index in [0.29, 0.717) is 17.8 Å². The van der Waals surface area contributed by atoms with Crippen molar-refractivity contribution in [2.24, 2.45) is 34.5 Å². The smallest absolute Gasteiger partial charge is 0.243 e. The molecule has 1 heterocycles. The summed E-state index contributed by atoms with van der Waals surface area (Å²) in [5, 5.41) is 33.9. The van der Waals surface area contributed by atoms with E-state index >= 15 is 0 Å². The summed E-state index contributed by atoms with van der Waals surface area (Å²) in [6, 6.07) is 2.05. The summed E-state index contributed by atoms with van der Waals surface area (Å²) in [6.45, 7) is 4.52. The molecule has 0 bridgehead atoms. The normalized spacial score (nSPS) is 52.1. The number of amides is 1. The number of nitrogens with one attached hydrogen (secondary N) is 1. The predicted octanol–water partition coefficient (Wildman–Crippen LogP) is 2.80. The van der Waals surface area contributed by atoms with Gasteiger partial charge in [0.2, 0.25) is 5.91 Å². The van der Waals surface area contributed by atoms with Crippen LogP contribution >= 0.6 is 0 Å². The van der Waals surface area contributed by atoms with E-state index < -0.39 is 17.1 Å². The molecule has 0 aromatic heterocycles. The summed E-state index contributed by atoms with van der Waals surface area (Å²) in [5.41, 5.74) is 0.701. The second kappa shape index (κ2) is 5.70. The standard InChI is InChI=1S/C23H30N2O3/c1-21-7-5-16(26)10-14(21)3-4-17-18(21)6-8-22(2)19(17)11-15-9-13(12-24)20(27)25-23(15,22)28/h3,9,13,16-19,26,28H,4-8,10-11H2,1-2H3,(H,25,27). The number of rotatable bonds is 0. The van der Waals surface area contributed by atoms with Gasteiger partial charge in [0.25, 0.3) is 0 Å². The summed E-state index contributed by atoms with van der Waals surface area (Å²) in [7, 11) is 0. The molecule has 8 unspecified atom stereocenters. The summed E-state index contributed by atoms with van der Waals surface area (Å²) >= 11 is 0. The minimum absolute atomic E-state index is 0.146. The Bertz CT molecular complexity index is 841. The zero-order valence-electron chi connectivity index (χ0n) is 16.7. The van der Waals surface area contributed by atoms with E-state index in [-0.39, 0.29) is 17.4 Å². The van der Waals surface area contributed by atoms with Gasteiger partial charge in [-0.05, 0) is 73.7 Å². The van der Waals surface area contributed by atoms with Gasteiger partial charge in [0.15, 0.2) is 5.72 Å². The Morgan fingerprint density at radius 3 is 2.71 bits per heavy atom. The summed E-state index contributed by atoms with van der Waals surface area (Å²) in [5.74, 6) is 0.143. The van der Waals surface area contributed by atoms with E-state index in [1.807, 2.05) is 6.07 Å². The molecule has 5 rings (SSSR count). The molecule has 0 radical (unpaired) electrons. The number of nitrogens with zero attached hydrogens (tertiary/aromatic N) is 1. The highest BCUT2D eigenvalue weighted by molar-refractivity contribution is 5.86. The van der Waals surface area contributed by atoms with Crippen molar-refractivity contribution < 1.29 is 15.0 Å². The summed E-state index contributed by atoms with van der Waals surface area (Å²) in [4.78, 5) is 12.4. The molecule has 1 aliphatic heterocycles. The number of aliphatic hydroxyl groups excluding tert-OH is 1. The molecule has 0 spiro atoms. The molecule has 5 aliphatic rings. The van der Waals surface area contributed by atoms with Crippen molar-refractivity contribution in [3.63, 3.8) is 0 Å². The molecule has 0 saturated heterocycles. The first-order valence-electron chi connectivity index (χ1n) is 10.8. The van der Waals surface area contributed by atoms with Gasteiger partial charge in [0.1, 0.15) is 5.92 Å². The number of aliphatic hydroxyl groups is 2. The zero-order chi connectivity index (χ0) is 19.9. The molecule has 5 heteroatoms. The molecule has 8 atom stereocenters. The van der Waals surface area contributed by atoms with E-state index in [2.05, 4.69) is 25.2 Å². The number of hydrogen-bond acceptors (Lipinski definition) is 4. The third-order valence-corrected chi connectivity index (χ3v) is 9.29. The minimum Gasteiger partial charge on any atom is -0.393 e. The van der Waals surface area contributed by atoms with Crippen LogP contribution in [0.5, 0.6) is 0 Å². The maximum Gasteiger partial charge on any atom is 0.243 e. The Labute approximate surface area is 166 Å². The van der Waals surface area contributed by atoms with Crippen molar-refractivity contribution in [1.29, 1.82) is 5.26 Å². The fourth-order valence-corrected chi connectivity index (χ4v) is 7.58. The number of carbonyl (C=O) groups is 1. The quantitative estimate of drug-likeness (QED) is 0.562. The van der Waals surface area contributed by atoms with Gasteiger partial charge >= 0.3 is 0 Å². The molecule has 0 aromatic rings. The largest absolute Gasteiger partial charge is 0.393 e. The highest BCUT2D eigenvalue weighted by Gasteiger charge is 2.67. The maximum atomic E-state index is 12.4. The predicted molar refractivity (Wildman–Crippen MR) is 103 cm³/mol. The number of hydrogen-bond donors (Lipinski definition) is 3. The fourth-order valence-electron chi connectivity index (χ4n) is 7.58. The molecule has 3 fully saturated rings. The van der Waals surface area contributed by atoms with Gasteiger partial charge in [-0.2, -0.15) is 5.26 Å². The lowest BCUT2D eigenvalue weighted by molar-refractivity contribution is -0.151. The second-order valence-electron chi connectivity index (χ2n) is 10.3. The molecule has 5 nitrogen and oxygen atoms in total. The topological polar surface area (TPSA) is 93.3 Å². The Morgan fingerprint density at radius 1 is 1.18 bits per heavy atom. The zero-order valence-corrected chi connectivity index (χ0v) is 16.7. The highest BCUT2D eigenvalue weighted by atomic mass is 16.3. The van der Waals surface area contributed by atoms with Gasteiger partial charge in [0, 0.05) is 5.41 Å². The molecule has 3 N–H and O–H groups in total. The van der Waals surface area contributed by atoms with Crippen LogP contribution in [0.4, 0.5) is 0 Å². The van der Waals surface area contributed by atoms with Gasteiger partial charge in [-0.1, -0.05) is 31.6 Å². The van der Waals surface area contributed by atoms with Crippen molar-refractivity contribution in [2.75, 3.05) is 0 Å². The number of carbonyl (C=O) groups excluding carboxylic acids is 1. The van der Waals surface area contributed by atoms with Crippen LogP contribution in [0.3, 0.4) is 0 Å². The number of nitriles is 1. The monoisotopic (exact) mass is 382 g/mol. The highest BCUT2D eigenvalue weighted by Crippen LogP contribution is 2.68. The van der Waals surface area contributed by atoms with Crippen LogP contribution in [-0.2, 0) is 4.79 Å². The molecule has 0 aromatic carbocycles. The van der Waals surface area contributed by atoms with Crippen LogP contribution in [0.1, 0.15) is 58.8 Å². The molecule has 150 valence electrons. The molecule has 28 heavy (non-hydrogen) atoms. The third-order valence-electron chi connectivity index (χ3n) is 9.29.